The number of hydrogen-bond acceptors (Lipinski definition) is 3. The summed E-state index contributed by atoms with van der Waals surface area (Å²) in [6.45, 7) is 5.70. The van der Waals surface area contributed by atoms with Gasteiger partial charge in [0.25, 0.3) is 0 Å². The van der Waals surface area contributed by atoms with Crippen LogP contribution in [-0.4, -0.2) is 10.8 Å². The number of aromatic nitrogens is 1. The highest BCUT2D eigenvalue weighted by Crippen LogP contribution is 2.20. The number of carbonyl (C=O) groups excluding carboxylic acids is 1. The Kier molecular flexibility index (Phi) is 2.54. The van der Waals surface area contributed by atoms with E-state index in [4.69, 9.17) is 4.42 Å². The molecular weight excluding hydrogens is 202 g/mol. The molecule has 3 heteroatoms. The van der Waals surface area contributed by atoms with E-state index in [1.165, 1.54) is 0 Å². The van der Waals surface area contributed by atoms with Crippen LogP contribution < -0.4 is 0 Å². The summed E-state index contributed by atoms with van der Waals surface area (Å²) in [5.41, 5.74) is 1.19. The lowest BCUT2D eigenvalue weighted by Crippen LogP contribution is -2.22. The summed E-state index contributed by atoms with van der Waals surface area (Å²) in [6, 6.07) is 7.53. The topological polar surface area (TPSA) is 43.1 Å². The molecule has 0 unspecified atom stereocenters. The molecule has 0 aliphatic rings. The normalized spacial score (nSPS) is 11.9. The van der Waals surface area contributed by atoms with Gasteiger partial charge in [0.1, 0.15) is 11.3 Å². The van der Waals surface area contributed by atoms with Gasteiger partial charge in [-0.15, -0.1) is 0 Å². The third-order valence-corrected chi connectivity index (χ3v) is 2.49. The van der Waals surface area contributed by atoms with E-state index in [0.717, 1.165) is 11.1 Å². The van der Waals surface area contributed by atoms with Crippen molar-refractivity contribution in [2.24, 2.45) is 5.41 Å². The Morgan fingerprint density at radius 1 is 1.31 bits per heavy atom. The van der Waals surface area contributed by atoms with Gasteiger partial charge in [0.15, 0.2) is 5.58 Å². The van der Waals surface area contributed by atoms with Crippen LogP contribution in [0.3, 0.4) is 0 Å². The Bertz CT molecular complexity index is 487. The summed E-state index contributed by atoms with van der Waals surface area (Å²) in [4.78, 5) is 16.1. The fourth-order valence-corrected chi connectivity index (χ4v) is 1.40. The van der Waals surface area contributed by atoms with Gasteiger partial charge in [-0.3, -0.25) is 4.79 Å². The van der Waals surface area contributed by atoms with Crippen LogP contribution in [0.25, 0.3) is 11.1 Å². The zero-order valence-electron chi connectivity index (χ0n) is 9.78. The average Bonchev–Trinajstić information content (AvgIpc) is 2.58. The lowest BCUT2D eigenvalue weighted by Gasteiger charge is -2.14. The van der Waals surface area contributed by atoms with Gasteiger partial charge < -0.3 is 4.42 Å². The van der Waals surface area contributed by atoms with Crippen molar-refractivity contribution >= 4 is 16.9 Å². The summed E-state index contributed by atoms with van der Waals surface area (Å²) < 4.78 is 5.50. The first-order chi connectivity index (χ1) is 7.47. The van der Waals surface area contributed by atoms with Crippen LogP contribution >= 0.6 is 0 Å². The Morgan fingerprint density at radius 3 is 2.62 bits per heavy atom. The second-order valence-electron chi connectivity index (χ2n) is 4.93. The zero-order chi connectivity index (χ0) is 11.8. The molecule has 0 amide bonds. The van der Waals surface area contributed by atoms with Gasteiger partial charge in [-0.1, -0.05) is 32.9 Å². The summed E-state index contributed by atoms with van der Waals surface area (Å²) in [5, 5.41) is 0. The van der Waals surface area contributed by atoms with E-state index in [9.17, 15) is 4.79 Å². The second kappa shape index (κ2) is 3.74. The van der Waals surface area contributed by atoms with Crippen LogP contribution in [0.1, 0.15) is 26.7 Å². The fourth-order valence-electron chi connectivity index (χ4n) is 1.40. The molecule has 0 aliphatic carbocycles. The van der Waals surface area contributed by atoms with Crippen LogP contribution in [0, 0.1) is 5.41 Å². The predicted molar refractivity (Wildman–Crippen MR) is 62.2 cm³/mol. The molecule has 0 bridgehead atoms. The number of hydrogen-bond donors (Lipinski definition) is 0. The predicted octanol–water partition coefficient (Wildman–Crippen LogP) is 2.99. The molecule has 1 heterocycles. The van der Waals surface area contributed by atoms with E-state index in [2.05, 4.69) is 4.98 Å². The van der Waals surface area contributed by atoms with Crippen molar-refractivity contribution in [3.05, 3.63) is 30.2 Å². The molecule has 1 aromatic heterocycles. The van der Waals surface area contributed by atoms with Crippen LogP contribution in [-0.2, 0) is 11.2 Å². The fraction of sp³-hybridized carbons (Fsp3) is 0.385. The van der Waals surface area contributed by atoms with Crippen molar-refractivity contribution in [3.63, 3.8) is 0 Å². The molecule has 0 fully saturated rings. The maximum atomic E-state index is 11.8. The number of oxazole rings is 1. The lowest BCUT2D eigenvalue weighted by molar-refractivity contribution is -0.125. The minimum absolute atomic E-state index is 0.138. The summed E-state index contributed by atoms with van der Waals surface area (Å²) in [5.74, 6) is 0.639. The van der Waals surface area contributed by atoms with Crippen LogP contribution in [0.4, 0.5) is 0 Å². The van der Waals surface area contributed by atoms with Gasteiger partial charge in [-0.25, -0.2) is 4.98 Å². The molecule has 2 rings (SSSR count). The minimum atomic E-state index is -0.347. The highest BCUT2D eigenvalue weighted by molar-refractivity contribution is 5.85. The second-order valence-corrected chi connectivity index (χ2v) is 4.93. The maximum absolute atomic E-state index is 11.8. The first-order valence-electron chi connectivity index (χ1n) is 5.34. The van der Waals surface area contributed by atoms with Gasteiger partial charge in [0.05, 0.1) is 6.42 Å². The van der Waals surface area contributed by atoms with E-state index < -0.39 is 0 Å². The molecule has 0 atom stereocenters. The third-order valence-electron chi connectivity index (χ3n) is 2.49. The summed E-state index contributed by atoms with van der Waals surface area (Å²) >= 11 is 0. The van der Waals surface area contributed by atoms with Gasteiger partial charge in [0, 0.05) is 5.41 Å². The molecule has 0 spiro atoms. The van der Waals surface area contributed by atoms with Crippen LogP contribution in [0.2, 0.25) is 0 Å². The van der Waals surface area contributed by atoms with Crippen molar-refractivity contribution in [1.82, 2.24) is 4.98 Å². The zero-order valence-corrected chi connectivity index (χ0v) is 9.78. The standard InChI is InChI=1S/C13H15NO2/c1-13(2,3)11(15)8-12-14-9-6-4-5-7-10(9)16-12/h4-7H,8H2,1-3H3. The highest BCUT2D eigenvalue weighted by Gasteiger charge is 2.23. The van der Waals surface area contributed by atoms with Gasteiger partial charge in [0.2, 0.25) is 5.89 Å². The highest BCUT2D eigenvalue weighted by atomic mass is 16.3. The van der Waals surface area contributed by atoms with Crippen LogP contribution in [0.5, 0.6) is 0 Å². The SMILES string of the molecule is CC(C)(C)C(=O)Cc1nc2ccccc2o1. The Balaban J connectivity index is 2.25. The Labute approximate surface area is 94.5 Å². The molecule has 0 aliphatic heterocycles. The third kappa shape index (κ3) is 2.13. The maximum Gasteiger partial charge on any atom is 0.202 e. The van der Waals surface area contributed by atoms with E-state index in [1.807, 2.05) is 45.0 Å². The number of nitrogens with zero attached hydrogens (tertiary/aromatic N) is 1. The van der Waals surface area contributed by atoms with E-state index >= 15 is 0 Å². The van der Waals surface area contributed by atoms with Crippen molar-refractivity contribution in [2.75, 3.05) is 0 Å². The minimum Gasteiger partial charge on any atom is -0.440 e. The average molecular weight is 217 g/mol. The quantitative estimate of drug-likeness (QED) is 0.776. The smallest absolute Gasteiger partial charge is 0.202 e. The molecular formula is C13H15NO2. The number of rotatable bonds is 2. The van der Waals surface area contributed by atoms with Gasteiger partial charge in [-0.05, 0) is 12.1 Å². The molecule has 3 nitrogen and oxygen atoms in total. The number of fused-ring (bicyclic) bond motifs is 1. The number of ketones is 1. The first-order valence-corrected chi connectivity index (χ1v) is 5.34. The Hall–Kier alpha value is -1.64. The number of carbonyl (C=O) groups is 1. The van der Waals surface area contributed by atoms with Crippen molar-refractivity contribution in [3.8, 4) is 0 Å². The first kappa shape index (κ1) is 10.9. The molecule has 84 valence electrons. The molecule has 0 N–H and O–H groups in total. The Morgan fingerprint density at radius 2 is 2.00 bits per heavy atom. The summed E-state index contributed by atoms with van der Waals surface area (Å²) in [6.07, 6.45) is 0.262. The van der Waals surface area contributed by atoms with E-state index in [-0.39, 0.29) is 17.6 Å². The van der Waals surface area contributed by atoms with E-state index in [0.29, 0.717) is 5.89 Å². The molecule has 1 aromatic carbocycles. The number of benzene rings is 1. The van der Waals surface area contributed by atoms with Crippen molar-refractivity contribution < 1.29 is 9.21 Å². The van der Waals surface area contributed by atoms with E-state index in [1.54, 1.807) is 0 Å². The van der Waals surface area contributed by atoms with Crippen molar-refractivity contribution in [2.45, 2.75) is 27.2 Å². The number of para-hydroxylation sites is 2. The molecule has 0 radical (unpaired) electrons. The molecule has 0 saturated carbocycles. The molecule has 0 saturated heterocycles. The van der Waals surface area contributed by atoms with Crippen molar-refractivity contribution in [1.29, 1.82) is 0 Å². The van der Waals surface area contributed by atoms with Gasteiger partial charge >= 0.3 is 0 Å². The number of Topliss-reactive ketones (excluding diaryl/α,β-unsaturated/α-hetero) is 1. The molecule has 16 heavy (non-hydrogen) atoms. The summed E-state index contributed by atoms with van der Waals surface area (Å²) in [7, 11) is 0. The monoisotopic (exact) mass is 217 g/mol. The lowest BCUT2D eigenvalue weighted by atomic mass is 9.89. The van der Waals surface area contributed by atoms with Gasteiger partial charge in [-0.2, -0.15) is 0 Å². The molecule has 2 aromatic rings. The van der Waals surface area contributed by atoms with Crippen LogP contribution in [0.15, 0.2) is 28.7 Å². The largest absolute Gasteiger partial charge is 0.440 e.